The number of ketones is 2. The summed E-state index contributed by atoms with van der Waals surface area (Å²) in [6.45, 7) is 12.2. The monoisotopic (exact) mass is 493 g/mol. The largest absolute Gasteiger partial charge is 0.427 e. The molecule has 0 spiro atoms. The zero-order chi connectivity index (χ0) is 24.8. The van der Waals surface area contributed by atoms with Crippen LogP contribution < -0.4 is 9.64 Å². The van der Waals surface area contributed by atoms with Crippen LogP contribution in [0, 0.1) is 16.7 Å². The molecule has 1 aliphatic rings. The molecule has 0 saturated heterocycles. The first-order valence-electron chi connectivity index (χ1n) is 11.1. The maximum atomic E-state index is 13.1. The Labute approximate surface area is 206 Å². The second-order valence-electron chi connectivity index (χ2n) is 9.23. The van der Waals surface area contributed by atoms with Gasteiger partial charge in [0.25, 0.3) is 0 Å². The van der Waals surface area contributed by atoms with Crippen LogP contribution in [0.15, 0.2) is 48.6 Å². The lowest BCUT2D eigenvalue weighted by atomic mass is 9.52. The molecule has 2 atom stereocenters. The van der Waals surface area contributed by atoms with E-state index in [1.165, 1.54) is 6.08 Å². The van der Waals surface area contributed by atoms with E-state index in [-0.39, 0.29) is 18.0 Å². The molecule has 0 N–H and O–H groups in total. The highest BCUT2D eigenvalue weighted by Crippen LogP contribution is 2.52. The van der Waals surface area contributed by atoms with Crippen LogP contribution >= 0.6 is 23.2 Å². The third kappa shape index (κ3) is 5.88. The quantitative estimate of drug-likeness (QED) is 0.174. The molecule has 5 nitrogen and oxygen atoms in total. The van der Waals surface area contributed by atoms with E-state index in [1.807, 2.05) is 26.0 Å². The summed E-state index contributed by atoms with van der Waals surface area (Å²) in [7, 11) is 0. The number of esters is 1. The molecule has 0 aromatic heterocycles. The van der Waals surface area contributed by atoms with Crippen molar-refractivity contribution < 1.29 is 19.1 Å². The highest BCUT2D eigenvalue weighted by atomic mass is 35.5. The Kier molecular flexibility index (Phi) is 9.33. The van der Waals surface area contributed by atoms with Crippen LogP contribution in [0.4, 0.5) is 5.69 Å². The molecule has 0 fully saturated rings. The molecule has 33 heavy (non-hydrogen) atoms. The fourth-order valence-electron chi connectivity index (χ4n) is 4.45. The maximum absolute atomic E-state index is 13.1. The Hall–Kier alpha value is -2.11. The lowest BCUT2D eigenvalue weighted by molar-refractivity contribution is -0.150. The van der Waals surface area contributed by atoms with Gasteiger partial charge >= 0.3 is 5.97 Å². The van der Waals surface area contributed by atoms with E-state index in [2.05, 4.69) is 11.5 Å². The van der Waals surface area contributed by atoms with Gasteiger partial charge in [-0.3, -0.25) is 14.4 Å². The van der Waals surface area contributed by atoms with E-state index in [9.17, 15) is 14.4 Å². The Bertz CT molecular complexity index is 917. The minimum atomic E-state index is -1.05. The lowest BCUT2D eigenvalue weighted by Gasteiger charge is -2.48. The van der Waals surface area contributed by atoms with Gasteiger partial charge in [-0.15, -0.1) is 29.8 Å². The van der Waals surface area contributed by atoms with Crippen LogP contribution in [0.3, 0.4) is 0 Å². The number of hydrogen-bond acceptors (Lipinski definition) is 5. The van der Waals surface area contributed by atoms with Crippen LogP contribution in [-0.4, -0.2) is 42.4 Å². The molecule has 1 aliphatic carbocycles. The Morgan fingerprint density at radius 2 is 1.76 bits per heavy atom. The molecule has 0 heterocycles. The highest BCUT2D eigenvalue weighted by molar-refractivity contribution is 6.18. The topological polar surface area (TPSA) is 63.7 Å². The number of nitrogens with zero attached hydrogens (tertiary/aromatic N) is 1. The minimum Gasteiger partial charge on any atom is -0.427 e. The average Bonchev–Trinajstić information content (AvgIpc) is 2.75. The van der Waals surface area contributed by atoms with Gasteiger partial charge in [-0.2, -0.15) is 0 Å². The van der Waals surface area contributed by atoms with Crippen molar-refractivity contribution in [1.29, 1.82) is 0 Å². The van der Waals surface area contributed by atoms with Crippen molar-refractivity contribution in [3.8, 4) is 5.75 Å². The molecule has 180 valence electrons. The smallest absolute Gasteiger partial charge is 0.311 e. The van der Waals surface area contributed by atoms with Crippen LogP contribution in [0.25, 0.3) is 0 Å². The molecular formula is C26H33Cl2NO4. The normalized spacial score (nSPS) is 20.9. The van der Waals surface area contributed by atoms with E-state index in [0.29, 0.717) is 42.6 Å². The van der Waals surface area contributed by atoms with Crippen molar-refractivity contribution in [2.75, 3.05) is 29.7 Å². The predicted octanol–water partition coefficient (Wildman–Crippen LogP) is 5.59. The maximum Gasteiger partial charge on any atom is 0.311 e. The molecule has 2 unspecified atom stereocenters. The molecule has 2 rings (SSSR count). The number of hydrogen-bond donors (Lipinski definition) is 0. The highest BCUT2D eigenvalue weighted by Gasteiger charge is 2.56. The molecule has 1 aromatic carbocycles. The fourth-order valence-corrected chi connectivity index (χ4v) is 4.86. The van der Waals surface area contributed by atoms with Gasteiger partial charge < -0.3 is 9.64 Å². The zero-order valence-electron chi connectivity index (χ0n) is 19.8. The van der Waals surface area contributed by atoms with E-state index in [4.69, 9.17) is 27.9 Å². The first-order valence-corrected chi connectivity index (χ1v) is 12.1. The Balaban J connectivity index is 2.19. The van der Waals surface area contributed by atoms with Crippen molar-refractivity contribution in [3.05, 3.63) is 48.6 Å². The van der Waals surface area contributed by atoms with Gasteiger partial charge in [0, 0.05) is 41.9 Å². The third-order valence-corrected chi connectivity index (χ3v) is 7.14. The molecule has 7 heteroatoms. The number of rotatable bonds is 11. The van der Waals surface area contributed by atoms with Crippen molar-refractivity contribution in [3.63, 3.8) is 0 Å². The third-order valence-electron chi connectivity index (χ3n) is 6.80. The summed E-state index contributed by atoms with van der Waals surface area (Å²) in [4.78, 5) is 40.9. The first-order chi connectivity index (χ1) is 15.5. The van der Waals surface area contributed by atoms with E-state index in [0.717, 1.165) is 5.69 Å². The zero-order valence-corrected chi connectivity index (χ0v) is 21.3. The number of anilines is 1. The molecule has 0 bridgehead atoms. The molecule has 1 aromatic rings. The number of carbonyl (C=O) groups is 3. The minimum absolute atomic E-state index is 0.0184. The van der Waals surface area contributed by atoms with Crippen molar-refractivity contribution in [2.24, 2.45) is 16.7 Å². The molecule has 0 radical (unpaired) electrons. The van der Waals surface area contributed by atoms with Crippen LogP contribution in [0.2, 0.25) is 0 Å². The molecular weight excluding hydrogens is 461 g/mol. The van der Waals surface area contributed by atoms with Gasteiger partial charge in [0.2, 0.25) is 0 Å². The van der Waals surface area contributed by atoms with Crippen molar-refractivity contribution in [2.45, 2.75) is 40.5 Å². The number of Topliss-reactive ketones (excluding diaryl/α,β-unsaturated/α-hetero) is 1. The van der Waals surface area contributed by atoms with Gasteiger partial charge in [-0.1, -0.05) is 26.8 Å². The number of ether oxygens (including phenoxy) is 1. The van der Waals surface area contributed by atoms with Crippen molar-refractivity contribution in [1.82, 2.24) is 0 Å². The Morgan fingerprint density at radius 3 is 2.27 bits per heavy atom. The number of benzene rings is 1. The number of alkyl halides is 2. The van der Waals surface area contributed by atoms with E-state index < -0.39 is 22.7 Å². The molecule has 0 saturated carbocycles. The summed E-state index contributed by atoms with van der Waals surface area (Å²) in [6.07, 6.45) is 3.41. The summed E-state index contributed by atoms with van der Waals surface area (Å²) in [6, 6.07) is 7.15. The summed E-state index contributed by atoms with van der Waals surface area (Å²) in [5, 5.41) is 0. The average molecular weight is 494 g/mol. The van der Waals surface area contributed by atoms with E-state index >= 15 is 0 Å². The second-order valence-corrected chi connectivity index (χ2v) is 9.98. The van der Waals surface area contributed by atoms with Gasteiger partial charge in [-0.25, -0.2) is 0 Å². The lowest BCUT2D eigenvalue weighted by Crippen LogP contribution is -2.53. The SMILES string of the molecule is C=CCC1C(=O)C(C)=CC(=O)C1(C)C(C)(C)CC(=O)Oc1ccc(N(CCCl)CCCl)cc1. The van der Waals surface area contributed by atoms with Crippen LogP contribution in [0.5, 0.6) is 5.75 Å². The summed E-state index contributed by atoms with van der Waals surface area (Å²) in [5.74, 6) is 0.111. The predicted molar refractivity (Wildman–Crippen MR) is 134 cm³/mol. The summed E-state index contributed by atoms with van der Waals surface area (Å²) < 4.78 is 5.58. The van der Waals surface area contributed by atoms with Crippen LogP contribution in [0.1, 0.15) is 40.5 Å². The van der Waals surface area contributed by atoms with Crippen molar-refractivity contribution >= 4 is 46.4 Å². The fraction of sp³-hybridized carbons (Fsp3) is 0.500. The first kappa shape index (κ1) is 27.1. The summed E-state index contributed by atoms with van der Waals surface area (Å²) >= 11 is 11.7. The molecule has 0 amide bonds. The Morgan fingerprint density at radius 1 is 1.18 bits per heavy atom. The molecule has 0 aliphatic heterocycles. The van der Waals surface area contributed by atoms with E-state index in [1.54, 1.807) is 32.1 Å². The standard InChI is InChI=1S/C26H33Cl2NO4/c1-6-7-21-24(32)18(2)16-22(30)26(21,5)25(3,4)17-23(31)33-20-10-8-19(9-11-20)29(14-12-27)15-13-28/h6,8-11,16,21H,1,7,12-15,17H2,2-5H3. The van der Waals surface area contributed by atoms with Gasteiger partial charge in [-0.05, 0) is 54.7 Å². The van der Waals surface area contributed by atoms with Gasteiger partial charge in [0.1, 0.15) is 5.75 Å². The number of allylic oxidation sites excluding steroid dienone is 3. The second kappa shape index (κ2) is 11.3. The van der Waals surface area contributed by atoms with Crippen LogP contribution in [-0.2, 0) is 14.4 Å². The van der Waals surface area contributed by atoms with Gasteiger partial charge in [0.15, 0.2) is 11.6 Å². The number of halogens is 2. The number of carbonyl (C=O) groups excluding carboxylic acids is 3. The summed E-state index contributed by atoms with van der Waals surface area (Å²) in [5.41, 5.74) is -0.492. The van der Waals surface area contributed by atoms with Gasteiger partial charge in [0.05, 0.1) is 6.42 Å².